The lowest BCUT2D eigenvalue weighted by atomic mass is 9.89. The first-order valence-corrected chi connectivity index (χ1v) is 4.80. The lowest BCUT2D eigenvalue weighted by Crippen LogP contribution is -2.27. The van der Waals surface area contributed by atoms with Crippen molar-refractivity contribution in [2.45, 2.75) is 39.8 Å². The Hall–Kier alpha value is -1.03. The summed E-state index contributed by atoms with van der Waals surface area (Å²) in [4.78, 5) is 13.6. The Morgan fingerprint density at radius 3 is 2.64 bits per heavy atom. The number of aliphatic hydroxyl groups excluding tert-OH is 1. The predicted octanol–water partition coefficient (Wildman–Crippen LogP) is 0.973. The fourth-order valence-corrected chi connectivity index (χ4v) is 1.49. The molecular formula is C10H18N2O2. The van der Waals surface area contributed by atoms with E-state index in [2.05, 4.69) is 25.8 Å². The Bertz CT molecular complexity index is 332. The van der Waals surface area contributed by atoms with Gasteiger partial charge in [-0.05, 0) is 11.8 Å². The van der Waals surface area contributed by atoms with E-state index in [-0.39, 0.29) is 11.1 Å². The van der Waals surface area contributed by atoms with E-state index in [1.54, 1.807) is 12.4 Å². The van der Waals surface area contributed by atoms with Crippen molar-refractivity contribution in [3.8, 4) is 0 Å². The Morgan fingerprint density at radius 2 is 2.21 bits per heavy atom. The molecule has 0 amide bonds. The van der Waals surface area contributed by atoms with Crippen molar-refractivity contribution in [3.05, 3.63) is 22.9 Å². The summed E-state index contributed by atoms with van der Waals surface area (Å²) in [6, 6.07) is 0. The van der Waals surface area contributed by atoms with Crippen LogP contribution in [0.4, 0.5) is 0 Å². The molecule has 4 nitrogen and oxygen atoms in total. The molecule has 4 heteroatoms. The summed E-state index contributed by atoms with van der Waals surface area (Å²) in [5, 5.41) is 9.71. The van der Waals surface area contributed by atoms with Crippen molar-refractivity contribution in [2.75, 3.05) is 0 Å². The summed E-state index contributed by atoms with van der Waals surface area (Å²) in [6.07, 6.45) is 3.44. The van der Waals surface area contributed by atoms with Crippen LogP contribution in [0.15, 0.2) is 17.2 Å². The Labute approximate surface area is 83.6 Å². The van der Waals surface area contributed by atoms with E-state index >= 15 is 0 Å². The van der Waals surface area contributed by atoms with Crippen LogP contribution in [0.1, 0.15) is 27.2 Å². The van der Waals surface area contributed by atoms with Gasteiger partial charge in [0.15, 0.2) is 0 Å². The quantitative estimate of drug-likeness (QED) is 0.760. The normalized spacial score (nSPS) is 14.3. The van der Waals surface area contributed by atoms with Gasteiger partial charge in [0.25, 0.3) is 0 Å². The summed E-state index contributed by atoms with van der Waals surface area (Å²) in [6.45, 7) is 6.56. The highest BCUT2D eigenvalue weighted by molar-refractivity contribution is 4.78. The molecule has 0 aliphatic rings. The first kappa shape index (κ1) is 11.0. The van der Waals surface area contributed by atoms with E-state index in [1.165, 1.54) is 4.57 Å². The molecule has 0 aliphatic heterocycles. The number of aromatic nitrogens is 2. The number of hydrogen-bond acceptors (Lipinski definition) is 2. The predicted molar refractivity (Wildman–Crippen MR) is 55.1 cm³/mol. The number of H-pyrrole nitrogens is 1. The molecule has 1 heterocycles. The smallest absolute Gasteiger partial charge is 0.325 e. The molecule has 1 aromatic heterocycles. The average Bonchev–Trinajstić information content (AvgIpc) is 2.32. The van der Waals surface area contributed by atoms with Crippen LogP contribution in [0.25, 0.3) is 0 Å². The first-order chi connectivity index (χ1) is 6.38. The van der Waals surface area contributed by atoms with Crippen molar-refractivity contribution in [1.82, 2.24) is 9.55 Å². The van der Waals surface area contributed by atoms with Gasteiger partial charge < -0.3 is 10.1 Å². The highest BCUT2D eigenvalue weighted by Gasteiger charge is 2.17. The number of imidazole rings is 1. The Balaban J connectivity index is 2.54. The van der Waals surface area contributed by atoms with Gasteiger partial charge >= 0.3 is 5.69 Å². The maximum absolute atomic E-state index is 11.1. The van der Waals surface area contributed by atoms with Gasteiger partial charge in [-0.3, -0.25) is 4.57 Å². The van der Waals surface area contributed by atoms with E-state index in [4.69, 9.17) is 0 Å². The SMILES string of the molecule is CC(C)(C)CC(O)Cn1cc[nH]c1=O. The summed E-state index contributed by atoms with van der Waals surface area (Å²) in [5.74, 6) is 0. The molecule has 0 spiro atoms. The van der Waals surface area contributed by atoms with Gasteiger partial charge in [-0.2, -0.15) is 0 Å². The minimum absolute atomic E-state index is 0.0827. The topological polar surface area (TPSA) is 58.0 Å². The van der Waals surface area contributed by atoms with Crippen LogP contribution in [-0.2, 0) is 6.54 Å². The maximum atomic E-state index is 11.1. The average molecular weight is 198 g/mol. The number of aliphatic hydroxyl groups is 1. The highest BCUT2D eigenvalue weighted by Crippen LogP contribution is 2.21. The van der Waals surface area contributed by atoms with Crippen molar-refractivity contribution in [3.63, 3.8) is 0 Å². The van der Waals surface area contributed by atoms with Crippen LogP contribution < -0.4 is 5.69 Å². The van der Waals surface area contributed by atoms with E-state index < -0.39 is 6.10 Å². The molecule has 2 N–H and O–H groups in total. The molecule has 0 bridgehead atoms. The highest BCUT2D eigenvalue weighted by atomic mass is 16.3. The van der Waals surface area contributed by atoms with E-state index in [0.29, 0.717) is 13.0 Å². The molecule has 1 unspecified atom stereocenters. The van der Waals surface area contributed by atoms with Gasteiger partial charge in [0, 0.05) is 12.4 Å². The fourth-order valence-electron chi connectivity index (χ4n) is 1.49. The number of aromatic amines is 1. The van der Waals surface area contributed by atoms with E-state index in [9.17, 15) is 9.90 Å². The molecule has 0 saturated heterocycles. The zero-order valence-electron chi connectivity index (χ0n) is 8.95. The van der Waals surface area contributed by atoms with Gasteiger partial charge in [-0.1, -0.05) is 20.8 Å². The molecular weight excluding hydrogens is 180 g/mol. The molecule has 0 aromatic carbocycles. The zero-order chi connectivity index (χ0) is 10.8. The maximum Gasteiger partial charge on any atom is 0.325 e. The Kier molecular flexibility index (Phi) is 3.16. The first-order valence-electron chi connectivity index (χ1n) is 4.80. The van der Waals surface area contributed by atoms with Crippen LogP contribution in [-0.4, -0.2) is 20.8 Å². The number of nitrogens with one attached hydrogen (secondary N) is 1. The van der Waals surface area contributed by atoms with Gasteiger partial charge in [0.2, 0.25) is 0 Å². The molecule has 1 atom stereocenters. The number of rotatable bonds is 3. The largest absolute Gasteiger partial charge is 0.391 e. The van der Waals surface area contributed by atoms with Crippen molar-refractivity contribution >= 4 is 0 Å². The molecule has 0 saturated carbocycles. The van der Waals surface area contributed by atoms with Crippen molar-refractivity contribution in [2.24, 2.45) is 5.41 Å². The number of hydrogen-bond donors (Lipinski definition) is 2. The summed E-state index contributed by atoms with van der Waals surface area (Å²) in [5.41, 5.74) is -0.0859. The molecule has 1 aromatic rings. The lowest BCUT2D eigenvalue weighted by Gasteiger charge is -2.22. The summed E-state index contributed by atoms with van der Waals surface area (Å²) >= 11 is 0. The van der Waals surface area contributed by atoms with Crippen LogP contribution in [0, 0.1) is 5.41 Å². The van der Waals surface area contributed by atoms with Crippen molar-refractivity contribution in [1.29, 1.82) is 0 Å². The van der Waals surface area contributed by atoms with Gasteiger partial charge in [-0.15, -0.1) is 0 Å². The zero-order valence-corrected chi connectivity index (χ0v) is 8.95. The molecule has 1 rings (SSSR count). The monoisotopic (exact) mass is 198 g/mol. The Morgan fingerprint density at radius 1 is 1.57 bits per heavy atom. The third-order valence-corrected chi connectivity index (χ3v) is 1.98. The molecule has 80 valence electrons. The van der Waals surface area contributed by atoms with E-state index in [0.717, 1.165) is 0 Å². The van der Waals surface area contributed by atoms with Gasteiger partial charge in [0.05, 0.1) is 12.6 Å². The van der Waals surface area contributed by atoms with Gasteiger partial charge in [0.1, 0.15) is 0 Å². The minimum Gasteiger partial charge on any atom is -0.391 e. The summed E-state index contributed by atoms with van der Waals surface area (Å²) in [7, 11) is 0. The third-order valence-electron chi connectivity index (χ3n) is 1.98. The van der Waals surface area contributed by atoms with Crippen LogP contribution in [0.2, 0.25) is 0 Å². The second-order valence-corrected chi connectivity index (χ2v) is 4.84. The molecule has 0 aliphatic carbocycles. The molecule has 14 heavy (non-hydrogen) atoms. The van der Waals surface area contributed by atoms with Crippen LogP contribution in [0.3, 0.4) is 0 Å². The third kappa shape index (κ3) is 3.38. The molecule has 0 fully saturated rings. The second-order valence-electron chi connectivity index (χ2n) is 4.84. The standard InChI is InChI=1S/C10H18N2O2/c1-10(2,3)6-8(13)7-12-5-4-11-9(12)14/h4-5,8,13H,6-7H2,1-3H3,(H,11,14). The fraction of sp³-hybridized carbons (Fsp3) is 0.700. The summed E-state index contributed by atoms with van der Waals surface area (Å²) < 4.78 is 1.48. The number of nitrogens with zero attached hydrogens (tertiary/aromatic N) is 1. The van der Waals surface area contributed by atoms with E-state index in [1.807, 2.05) is 0 Å². The minimum atomic E-state index is -0.469. The van der Waals surface area contributed by atoms with Crippen LogP contribution in [0.5, 0.6) is 0 Å². The lowest BCUT2D eigenvalue weighted by molar-refractivity contribution is 0.104. The van der Waals surface area contributed by atoms with Crippen molar-refractivity contribution < 1.29 is 5.11 Å². The van der Waals surface area contributed by atoms with Crippen LogP contribution >= 0.6 is 0 Å². The molecule has 0 radical (unpaired) electrons. The van der Waals surface area contributed by atoms with Gasteiger partial charge in [-0.25, -0.2) is 4.79 Å². The second kappa shape index (κ2) is 4.00.